The fourth-order valence-electron chi connectivity index (χ4n) is 1.98. The number of furan rings is 1. The zero-order chi connectivity index (χ0) is 21.2. The molecule has 2 aromatic heterocycles. The zero-order valence-corrected chi connectivity index (χ0v) is 15.9. The minimum Gasteiger partial charge on any atom is -0.482 e. The zero-order valence-electron chi connectivity index (χ0n) is 15.1. The molecule has 0 saturated carbocycles. The molecular formula is C18H16N2O8S. The minimum atomic E-state index is -1.08. The van der Waals surface area contributed by atoms with Gasteiger partial charge in [0.2, 0.25) is 0 Å². The van der Waals surface area contributed by atoms with Crippen LogP contribution in [0.5, 0.6) is 5.75 Å². The molecule has 0 atom stereocenters. The van der Waals surface area contributed by atoms with Crippen LogP contribution < -0.4 is 4.74 Å². The second-order valence-electron chi connectivity index (χ2n) is 5.19. The monoisotopic (exact) mass is 420 g/mol. The number of carboxylic acid groups (broad SMARTS) is 2. The molecule has 0 aliphatic heterocycles. The lowest BCUT2D eigenvalue weighted by Gasteiger charge is -2.05. The highest BCUT2D eigenvalue weighted by atomic mass is 32.1. The van der Waals surface area contributed by atoms with Crippen LogP contribution in [0.25, 0.3) is 10.4 Å². The van der Waals surface area contributed by atoms with E-state index < -0.39 is 17.9 Å². The van der Waals surface area contributed by atoms with Gasteiger partial charge in [-0.2, -0.15) is 0 Å². The van der Waals surface area contributed by atoms with Crippen LogP contribution in [-0.2, 0) is 9.53 Å². The summed E-state index contributed by atoms with van der Waals surface area (Å²) < 4.78 is 18.1. The maximum atomic E-state index is 11.0. The average Bonchev–Trinajstić information content (AvgIpc) is 3.38. The molecular weight excluding hydrogens is 404 g/mol. The van der Waals surface area contributed by atoms with E-state index in [1.807, 2.05) is 0 Å². The molecule has 0 spiro atoms. The van der Waals surface area contributed by atoms with Gasteiger partial charge in [-0.25, -0.2) is 14.4 Å². The van der Waals surface area contributed by atoms with Gasteiger partial charge in [0.15, 0.2) is 12.3 Å². The van der Waals surface area contributed by atoms with E-state index in [0.29, 0.717) is 16.2 Å². The lowest BCUT2D eigenvalue weighted by atomic mass is 10.2. The van der Waals surface area contributed by atoms with Gasteiger partial charge in [-0.1, -0.05) is 10.6 Å². The molecule has 152 valence electrons. The first-order valence-corrected chi connectivity index (χ1v) is 8.89. The Balaban J connectivity index is 0.000000211. The lowest BCUT2D eigenvalue weighted by molar-refractivity contribution is -0.145. The normalized spacial score (nSPS) is 9.83. The van der Waals surface area contributed by atoms with Gasteiger partial charge in [-0.15, -0.1) is 5.10 Å². The molecule has 3 aromatic rings. The molecule has 0 unspecified atom stereocenters. The summed E-state index contributed by atoms with van der Waals surface area (Å²) in [6, 6.07) is 7.58. The van der Waals surface area contributed by atoms with Crippen LogP contribution in [0.3, 0.4) is 0 Å². The van der Waals surface area contributed by atoms with E-state index in [2.05, 4.69) is 14.3 Å². The van der Waals surface area contributed by atoms with Gasteiger partial charge in [0.1, 0.15) is 5.75 Å². The topological polar surface area (TPSA) is 149 Å². The number of aromatic carboxylic acids is 2. The smallest absolute Gasteiger partial charge is 0.358 e. The Morgan fingerprint density at radius 2 is 1.97 bits per heavy atom. The van der Waals surface area contributed by atoms with Crippen molar-refractivity contribution in [1.82, 2.24) is 9.59 Å². The summed E-state index contributed by atoms with van der Waals surface area (Å²) in [5, 5.41) is 20.9. The summed E-state index contributed by atoms with van der Waals surface area (Å²) in [6.07, 6.45) is 2.93. The van der Waals surface area contributed by atoms with Crippen molar-refractivity contribution in [3.8, 4) is 16.2 Å². The Morgan fingerprint density at radius 1 is 1.17 bits per heavy atom. The average molecular weight is 420 g/mol. The first-order chi connectivity index (χ1) is 13.9. The third kappa shape index (κ3) is 6.43. The first kappa shape index (κ1) is 21.6. The van der Waals surface area contributed by atoms with Gasteiger partial charge in [-0.05, 0) is 42.7 Å². The van der Waals surface area contributed by atoms with Gasteiger partial charge >= 0.3 is 17.9 Å². The van der Waals surface area contributed by atoms with Crippen molar-refractivity contribution in [2.24, 2.45) is 0 Å². The number of benzene rings is 1. The summed E-state index contributed by atoms with van der Waals surface area (Å²) >= 11 is 1.03. The van der Waals surface area contributed by atoms with Crippen molar-refractivity contribution in [2.75, 3.05) is 13.2 Å². The van der Waals surface area contributed by atoms with E-state index in [-0.39, 0.29) is 24.5 Å². The molecule has 29 heavy (non-hydrogen) atoms. The fourth-order valence-corrected chi connectivity index (χ4v) is 2.62. The van der Waals surface area contributed by atoms with E-state index in [9.17, 15) is 14.4 Å². The molecule has 0 bridgehead atoms. The van der Waals surface area contributed by atoms with Gasteiger partial charge in [0.05, 0.1) is 29.6 Å². The number of carboxylic acids is 2. The van der Waals surface area contributed by atoms with Crippen molar-refractivity contribution in [3.05, 3.63) is 54.1 Å². The van der Waals surface area contributed by atoms with E-state index in [4.69, 9.17) is 19.4 Å². The lowest BCUT2D eigenvalue weighted by Crippen LogP contribution is -2.14. The summed E-state index contributed by atoms with van der Waals surface area (Å²) in [5.41, 5.74) is 0.764. The Morgan fingerprint density at radius 3 is 2.59 bits per heavy atom. The number of rotatable bonds is 7. The molecule has 3 rings (SSSR count). The number of nitrogens with zero attached hydrogens (tertiary/aromatic N) is 2. The van der Waals surface area contributed by atoms with Crippen LogP contribution in [0, 0.1) is 0 Å². The van der Waals surface area contributed by atoms with Gasteiger partial charge in [0, 0.05) is 5.56 Å². The number of carbonyl (C=O) groups excluding carboxylic acids is 1. The summed E-state index contributed by atoms with van der Waals surface area (Å²) in [7, 11) is 0. The van der Waals surface area contributed by atoms with Gasteiger partial charge < -0.3 is 24.1 Å². The molecule has 0 fully saturated rings. The standard InChI is InChI=1S/C11H12O5.C7H4N2O3S/c1-2-15-10(12)7-16-9-5-3-4-8(6-9)11(13)14;10-7(11)5-6(13-9-8-5)4-1-2-12-3-4/h3-6H,2,7H2,1H3,(H,13,14);1-3H,(H,10,11). The Labute approximate surface area is 168 Å². The quantitative estimate of drug-likeness (QED) is 0.546. The number of esters is 1. The van der Waals surface area contributed by atoms with Crippen LogP contribution in [0.15, 0.2) is 47.3 Å². The maximum Gasteiger partial charge on any atom is 0.358 e. The van der Waals surface area contributed by atoms with Crippen LogP contribution >= 0.6 is 11.5 Å². The Hall–Kier alpha value is -3.73. The number of hydrogen-bond acceptors (Lipinski definition) is 9. The Bertz CT molecular complexity index is 968. The van der Waals surface area contributed by atoms with Crippen LogP contribution in [-0.4, -0.2) is 50.9 Å². The number of carbonyl (C=O) groups is 3. The third-order valence-corrected chi connectivity index (χ3v) is 3.99. The molecule has 10 nitrogen and oxygen atoms in total. The molecule has 11 heteroatoms. The predicted octanol–water partition coefficient (Wildman–Crippen LogP) is 2.82. The molecule has 0 saturated heterocycles. The number of hydrogen-bond donors (Lipinski definition) is 2. The molecule has 0 amide bonds. The highest BCUT2D eigenvalue weighted by molar-refractivity contribution is 7.09. The summed E-state index contributed by atoms with van der Waals surface area (Å²) in [6.45, 7) is 1.76. The molecule has 1 aromatic carbocycles. The van der Waals surface area contributed by atoms with Gasteiger partial charge in [-0.3, -0.25) is 0 Å². The van der Waals surface area contributed by atoms with Gasteiger partial charge in [0.25, 0.3) is 0 Å². The molecule has 0 radical (unpaired) electrons. The van der Waals surface area contributed by atoms with Crippen LogP contribution in [0.2, 0.25) is 0 Å². The SMILES string of the molecule is CCOC(=O)COc1cccc(C(=O)O)c1.O=C(O)c1nnsc1-c1ccoc1. The summed E-state index contributed by atoms with van der Waals surface area (Å²) in [5.74, 6) is -2.28. The second-order valence-corrected chi connectivity index (χ2v) is 5.95. The van der Waals surface area contributed by atoms with Crippen molar-refractivity contribution >= 4 is 29.4 Å². The van der Waals surface area contributed by atoms with E-state index in [1.165, 1.54) is 24.7 Å². The third-order valence-electron chi connectivity index (χ3n) is 3.22. The van der Waals surface area contributed by atoms with Crippen molar-refractivity contribution in [1.29, 1.82) is 0 Å². The van der Waals surface area contributed by atoms with Crippen LogP contribution in [0.4, 0.5) is 0 Å². The molecule has 2 heterocycles. The largest absolute Gasteiger partial charge is 0.482 e. The molecule has 0 aliphatic rings. The number of aromatic nitrogens is 2. The van der Waals surface area contributed by atoms with Crippen molar-refractivity contribution in [3.63, 3.8) is 0 Å². The summed E-state index contributed by atoms with van der Waals surface area (Å²) in [4.78, 5) is 32.8. The highest BCUT2D eigenvalue weighted by Gasteiger charge is 2.17. The predicted molar refractivity (Wildman–Crippen MR) is 100 cm³/mol. The van der Waals surface area contributed by atoms with E-state index in [1.54, 1.807) is 25.1 Å². The van der Waals surface area contributed by atoms with Crippen molar-refractivity contribution < 1.29 is 38.5 Å². The number of ether oxygens (including phenoxy) is 2. The minimum absolute atomic E-state index is 0.0357. The van der Waals surface area contributed by atoms with Crippen LogP contribution in [0.1, 0.15) is 27.8 Å². The van der Waals surface area contributed by atoms with Crippen molar-refractivity contribution in [2.45, 2.75) is 6.92 Å². The van der Waals surface area contributed by atoms with E-state index in [0.717, 1.165) is 11.5 Å². The maximum absolute atomic E-state index is 11.0. The van der Waals surface area contributed by atoms with E-state index >= 15 is 0 Å². The Kier molecular flexibility index (Phi) is 7.86. The molecule has 0 aliphatic carbocycles. The highest BCUT2D eigenvalue weighted by Crippen LogP contribution is 2.26. The fraction of sp³-hybridized carbons (Fsp3) is 0.167. The second kappa shape index (κ2) is 10.6. The first-order valence-electron chi connectivity index (χ1n) is 8.12. The molecule has 2 N–H and O–H groups in total.